The van der Waals surface area contributed by atoms with Crippen LogP contribution >= 0.6 is 0 Å². The van der Waals surface area contributed by atoms with Gasteiger partial charge >= 0.3 is 0 Å². The molecule has 0 aliphatic carbocycles. The first kappa shape index (κ1) is 11.1. The van der Waals surface area contributed by atoms with Gasteiger partial charge in [-0.1, -0.05) is 0 Å². The van der Waals surface area contributed by atoms with Crippen molar-refractivity contribution in [1.29, 1.82) is 0 Å². The van der Waals surface area contributed by atoms with Crippen molar-refractivity contribution < 1.29 is 14.4 Å². The smallest absolute Gasteiger partial charge is 0.261 e. The fourth-order valence-corrected chi connectivity index (χ4v) is 1.61. The minimum Gasteiger partial charge on any atom is -0.366 e. The number of hydrogen-bond acceptors (Lipinski definition) is 3. The lowest BCUT2D eigenvalue weighted by Crippen LogP contribution is -2.30. The van der Waals surface area contributed by atoms with E-state index < -0.39 is 5.91 Å². The van der Waals surface area contributed by atoms with Crippen LogP contribution < -0.4 is 10.6 Å². The van der Waals surface area contributed by atoms with Gasteiger partial charge in [-0.15, -0.1) is 0 Å². The number of amides is 3. The Morgan fingerprint density at radius 1 is 1.18 bits per heavy atom. The van der Waals surface area contributed by atoms with Crippen molar-refractivity contribution in [1.82, 2.24) is 0 Å². The summed E-state index contributed by atoms with van der Waals surface area (Å²) in [5.74, 6) is -1.27. The molecule has 0 radical (unpaired) electrons. The van der Waals surface area contributed by atoms with Crippen LogP contribution in [0.1, 0.15) is 17.3 Å². The summed E-state index contributed by atoms with van der Waals surface area (Å²) in [6.45, 7) is 1.58. The first-order valence-corrected chi connectivity index (χ1v) is 4.97. The Morgan fingerprint density at radius 2 is 1.76 bits per heavy atom. The Labute approximate surface area is 97.5 Å². The van der Waals surface area contributed by atoms with Crippen molar-refractivity contribution in [2.24, 2.45) is 5.73 Å². The Balaban J connectivity index is 2.34. The van der Waals surface area contributed by atoms with Crippen molar-refractivity contribution >= 4 is 23.4 Å². The molecule has 1 aliphatic rings. The molecule has 2 rings (SSSR count). The third-order valence-electron chi connectivity index (χ3n) is 2.51. The highest BCUT2D eigenvalue weighted by Gasteiger charge is 2.29. The Hall–Kier alpha value is -2.43. The molecule has 0 saturated carbocycles. The van der Waals surface area contributed by atoms with Crippen molar-refractivity contribution in [2.75, 3.05) is 4.90 Å². The molecule has 0 saturated heterocycles. The topological polar surface area (TPSA) is 80.5 Å². The van der Waals surface area contributed by atoms with Gasteiger partial charge in [-0.2, -0.15) is 0 Å². The summed E-state index contributed by atoms with van der Waals surface area (Å²) < 4.78 is 0. The van der Waals surface area contributed by atoms with Gasteiger partial charge in [0.25, 0.3) is 11.8 Å². The van der Waals surface area contributed by atoms with Crippen LogP contribution in [-0.2, 0) is 9.59 Å². The number of imide groups is 1. The number of carbonyl (C=O) groups excluding carboxylic acids is 3. The highest BCUT2D eigenvalue weighted by molar-refractivity contribution is 6.30. The van der Waals surface area contributed by atoms with Gasteiger partial charge in [0.15, 0.2) is 0 Å². The average molecular weight is 230 g/mol. The standard InChI is InChI=1S/C12H10N2O3/c1-7-6-10(15)14(12(7)17)9-4-2-8(3-5-9)11(13)16/h2-6H,1H3,(H2,13,16). The maximum atomic E-state index is 11.7. The highest BCUT2D eigenvalue weighted by Crippen LogP contribution is 2.22. The molecule has 2 N–H and O–H groups in total. The summed E-state index contributed by atoms with van der Waals surface area (Å²) in [5.41, 5.74) is 6.25. The number of benzene rings is 1. The van der Waals surface area contributed by atoms with E-state index >= 15 is 0 Å². The van der Waals surface area contributed by atoms with Crippen LogP contribution in [0.25, 0.3) is 0 Å². The summed E-state index contributed by atoms with van der Waals surface area (Å²) in [7, 11) is 0. The lowest BCUT2D eigenvalue weighted by atomic mass is 10.2. The van der Waals surface area contributed by atoms with E-state index in [1.807, 2.05) is 0 Å². The van der Waals surface area contributed by atoms with Crippen LogP contribution in [0, 0.1) is 0 Å². The predicted molar refractivity (Wildman–Crippen MR) is 61.2 cm³/mol. The summed E-state index contributed by atoms with van der Waals surface area (Å²) >= 11 is 0. The zero-order chi connectivity index (χ0) is 12.6. The zero-order valence-electron chi connectivity index (χ0n) is 9.14. The number of primary amides is 1. The first-order chi connectivity index (χ1) is 8.00. The average Bonchev–Trinajstić information content (AvgIpc) is 2.53. The van der Waals surface area contributed by atoms with Crippen molar-refractivity contribution in [3.63, 3.8) is 0 Å². The molecule has 0 spiro atoms. The lowest BCUT2D eigenvalue weighted by Gasteiger charge is -2.14. The van der Waals surface area contributed by atoms with Gasteiger partial charge in [0.1, 0.15) is 0 Å². The number of hydrogen-bond donors (Lipinski definition) is 1. The van der Waals surface area contributed by atoms with E-state index in [0.717, 1.165) is 4.90 Å². The molecule has 1 heterocycles. The number of nitrogens with two attached hydrogens (primary N) is 1. The third-order valence-corrected chi connectivity index (χ3v) is 2.51. The molecule has 86 valence electrons. The normalized spacial score (nSPS) is 15.1. The molecule has 5 heteroatoms. The molecular formula is C12H10N2O3. The van der Waals surface area contributed by atoms with Crippen LogP contribution in [0.15, 0.2) is 35.9 Å². The second-order valence-corrected chi connectivity index (χ2v) is 3.72. The van der Waals surface area contributed by atoms with Crippen LogP contribution in [0.2, 0.25) is 0 Å². The summed E-state index contributed by atoms with van der Waals surface area (Å²) in [5, 5.41) is 0. The molecule has 0 aromatic heterocycles. The number of rotatable bonds is 2. The second kappa shape index (κ2) is 3.86. The lowest BCUT2D eigenvalue weighted by molar-refractivity contribution is -0.120. The fraction of sp³-hybridized carbons (Fsp3) is 0.0833. The number of anilines is 1. The van der Waals surface area contributed by atoms with E-state index in [4.69, 9.17) is 5.73 Å². The van der Waals surface area contributed by atoms with E-state index in [2.05, 4.69) is 0 Å². The Kier molecular flexibility index (Phi) is 2.51. The Bertz CT molecular complexity index is 543. The summed E-state index contributed by atoms with van der Waals surface area (Å²) in [6.07, 6.45) is 1.28. The van der Waals surface area contributed by atoms with Gasteiger partial charge < -0.3 is 5.73 Å². The number of nitrogens with zero attached hydrogens (tertiary/aromatic N) is 1. The molecular weight excluding hydrogens is 220 g/mol. The SMILES string of the molecule is CC1=CC(=O)N(c2ccc(C(N)=O)cc2)C1=O. The minimum absolute atomic E-state index is 0.331. The van der Waals surface area contributed by atoms with Crippen molar-refractivity contribution in [2.45, 2.75) is 6.92 Å². The third kappa shape index (κ3) is 1.82. The molecule has 0 fully saturated rings. The zero-order valence-corrected chi connectivity index (χ0v) is 9.14. The quantitative estimate of drug-likeness (QED) is 0.755. The van der Waals surface area contributed by atoms with E-state index in [1.54, 1.807) is 6.92 Å². The first-order valence-electron chi connectivity index (χ1n) is 4.97. The maximum Gasteiger partial charge on any atom is 0.261 e. The Morgan fingerprint density at radius 3 is 2.18 bits per heavy atom. The molecule has 0 bridgehead atoms. The highest BCUT2D eigenvalue weighted by atomic mass is 16.2. The van der Waals surface area contributed by atoms with Gasteiger partial charge in [0, 0.05) is 17.2 Å². The fourth-order valence-electron chi connectivity index (χ4n) is 1.61. The number of carbonyl (C=O) groups is 3. The summed E-state index contributed by atoms with van der Waals surface area (Å²) in [6, 6.07) is 5.99. The largest absolute Gasteiger partial charge is 0.366 e. The molecule has 1 aromatic rings. The molecule has 1 aromatic carbocycles. The molecule has 5 nitrogen and oxygen atoms in total. The van der Waals surface area contributed by atoms with Crippen molar-refractivity contribution in [3.05, 3.63) is 41.5 Å². The predicted octanol–water partition coefficient (Wildman–Crippen LogP) is 0.605. The molecule has 3 amide bonds. The minimum atomic E-state index is -0.551. The molecule has 0 unspecified atom stereocenters. The van der Waals surface area contributed by atoms with Crippen LogP contribution in [0.5, 0.6) is 0 Å². The van der Waals surface area contributed by atoms with E-state index in [1.165, 1.54) is 30.3 Å². The van der Waals surface area contributed by atoms with Gasteiger partial charge in [0.2, 0.25) is 5.91 Å². The van der Waals surface area contributed by atoms with Gasteiger partial charge in [-0.25, -0.2) is 4.90 Å². The molecule has 0 atom stereocenters. The van der Waals surface area contributed by atoms with Crippen LogP contribution in [-0.4, -0.2) is 17.7 Å². The second-order valence-electron chi connectivity index (χ2n) is 3.72. The van der Waals surface area contributed by atoms with Crippen LogP contribution in [0.4, 0.5) is 5.69 Å². The van der Waals surface area contributed by atoms with Gasteiger partial charge in [0.05, 0.1) is 5.69 Å². The van der Waals surface area contributed by atoms with Gasteiger partial charge in [-0.05, 0) is 31.2 Å². The maximum absolute atomic E-state index is 11.7. The monoisotopic (exact) mass is 230 g/mol. The van der Waals surface area contributed by atoms with E-state index in [-0.39, 0.29) is 11.8 Å². The van der Waals surface area contributed by atoms with Crippen LogP contribution in [0.3, 0.4) is 0 Å². The van der Waals surface area contributed by atoms with E-state index in [0.29, 0.717) is 16.8 Å². The molecule has 17 heavy (non-hydrogen) atoms. The van der Waals surface area contributed by atoms with Crippen molar-refractivity contribution in [3.8, 4) is 0 Å². The van der Waals surface area contributed by atoms with Gasteiger partial charge in [-0.3, -0.25) is 14.4 Å². The summed E-state index contributed by atoms with van der Waals surface area (Å²) in [4.78, 5) is 35.2. The molecule has 1 aliphatic heterocycles. The van der Waals surface area contributed by atoms with E-state index in [9.17, 15) is 14.4 Å².